The Morgan fingerprint density at radius 1 is 1.18 bits per heavy atom. The fourth-order valence-electron chi connectivity index (χ4n) is 0.234. The maximum absolute atomic E-state index is 6.67. The van der Waals surface area contributed by atoms with Crippen LogP contribution in [0.5, 0.6) is 0 Å². The van der Waals surface area contributed by atoms with Crippen LogP contribution in [0.1, 0.15) is 34.6 Å². The molecule has 0 radical (unpaired) electrons. The third-order valence-electron chi connectivity index (χ3n) is 0.608. The van der Waals surface area contributed by atoms with Crippen molar-refractivity contribution in [2.45, 2.75) is 34.6 Å². The Balaban J connectivity index is -0.000000138. The van der Waals surface area contributed by atoms with E-state index in [0.717, 1.165) is 5.57 Å². The minimum Gasteiger partial charge on any atom is -0.308 e. The molecular weight excluding hydrogens is 134 g/mol. The molecule has 1 heteroatoms. The van der Waals surface area contributed by atoms with Crippen molar-refractivity contribution >= 4 is 6.21 Å². The number of nitrogens with one attached hydrogen (secondary N) is 1. The molecule has 66 valence electrons. The average molecular weight is 155 g/mol. The highest BCUT2D eigenvalue weighted by Gasteiger charge is 1.70. The molecular formula is C10H21N. The summed E-state index contributed by atoms with van der Waals surface area (Å²) in [6, 6.07) is 0. The largest absolute Gasteiger partial charge is 0.308 e. The van der Waals surface area contributed by atoms with Crippen LogP contribution in [0.25, 0.3) is 0 Å². The van der Waals surface area contributed by atoms with Gasteiger partial charge in [-0.05, 0) is 12.5 Å². The number of hydrogen-bond acceptors (Lipinski definition) is 1. The molecule has 0 aromatic carbocycles. The van der Waals surface area contributed by atoms with E-state index in [1.54, 1.807) is 12.2 Å². The molecule has 0 saturated heterocycles. The predicted molar refractivity (Wildman–Crippen MR) is 55.4 cm³/mol. The van der Waals surface area contributed by atoms with Crippen molar-refractivity contribution in [2.24, 2.45) is 0 Å². The molecule has 0 amide bonds. The predicted octanol–water partition coefficient (Wildman–Crippen LogP) is 3.82. The molecule has 0 bridgehead atoms. The number of hydrogen-bond donors (Lipinski definition) is 1. The van der Waals surface area contributed by atoms with Crippen molar-refractivity contribution in [2.75, 3.05) is 0 Å². The normalized spacial score (nSPS) is 7.91. The lowest BCUT2D eigenvalue weighted by Gasteiger charge is -1.78. The molecule has 1 nitrogen and oxygen atoms in total. The third kappa shape index (κ3) is 27.2. The molecule has 0 aromatic rings. The summed E-state index contributed by atoms with van der Waals surface area (Å²) in [6.45, 7) is 13.3. The van der Waals surface area contributed by atoms with Crippen LogP contribution in [-0.4, -0.2) is 6.21 Å². The van der Waals surface area contributed by atoms with Crippen LogP contribution in [0.2, 0.25) is 0 Å². The number of allylic oxidation sites excluding steroid dienone is 3. The quantitative estimate of drug-likeness (QED) is 0.463. The van der Waals surface area contributed by atoms with E-state index in [0.29, 0.717) is 0 Å². The molecule has 0 rings (SSSR count). The summed E-state index contributed by atoms with van der Waals surface area (Å²) in [5.41, 5.74) is 0.926. The minimum absolute atomic E-state index is 0.926. The summed E-state index contributed by atoms with van der Waals surface area (Å²) in [7, 11) is 0. The van der Waals surface area contributed by atoms with Gasteiger partial charge >= 0.3 is 0 Å². The van der Waals surface area contributed by atoms with Gasteiger partial charge in [0.25, 0.3) is 0 Å². The smallest absolute Gasteiger partial charge is 0.0207 e. The summed E-state index contributed by atoms with van der Waals surface area (Å²) < 4.78 is 0. The second-order valence-electron chi connectivity index (χ2n) is 1.29. The van der Waals surface area contributed by atoms with Gasteiger partial charge in [-0.15, -0.1) is 0 Å². The zero-order valence-electron chi connectivity index (χ0n) is 8.44. The summed E-state index contributed by atoms with van der Waals surface area (Å²) >= 11 is 0. The Bertz CT molecular complexity index is 101. The standard InChI is InChI=1S/C6H9N.2C2H6/c1-3-4-6(2)5-7;2*1-2/h3-5,7H,1H2,2H3;2*1-2H3/b6-4-,7-5?;;. The number of rotatable bonds is 2. The highest BCUT2D eigenvalue weighted by molar-refractivity contribution is 5.75. The van der Waals surface area contributed by atoms with Crippen molar-refractivity contribution in [3.8, 4) is 0 Å². The topological polar surface area (TPSA) is 23.9 Å². The van der Waals surface area contributed by atoms with E-state index >= 15 is 0 Å². The first-order valence-corrected chi connectivity index (χ1v) is 4.11. The molecule has 0 fully saturated rings. The van der Waals surface area contributed by atoms with E-state index < -0.39 is 0 Å². The molecule has 0 aromatic heterocycles. The average Bonchev–Trinajstić information content (AvgIpc) is 2.12. The summed E-state index contributed by atoms with van der Waals surface area (Å²) in [5.74, 6) is 0. The van der Waals surface area contributed by atoms with Crippen LogP contribution in [0.3, 0.4) is 0 Å². The van der Waals surface area contributed by atoms with Crippen molar-refractivity contribution in [1.82, 2.24) is 0 Å². The monoisotopic (exact) mass is 155 g/mol. The van der Waals surface area contributed by atoms with Crippen molar-refractivity contribution < 1.29 is 0 Å². The van der Waals surface area contributed by atoms with Gasteiger partial charge in [-0.1, -0.05) is 46.4 Å². The molecule has 0 spiro atoms. The van der Waals surface area contributed by atoms with Crippen LogP contribution in [0.15, 0.2) is 24.3 Å². The summed E-state index contributed by atoms with van der Waals surface area (Å²) in [6.07, 6.45) is 4.75. The molecule has 0 heterocycles. The van der Waals surface area contributed by atoms with E-state index in [-0.39, 0.29) is 0 Å². The summed E-state index contributed by atoms with van der Waals surface area (Å²) in [4.78, 5) is 0. The van der Waals surface area contributed by atoms with E-state index in [9.17, 15) is 0 Å². The molecule has 0 aliphatic heterocycles. The molecule has 0 unspecified atom stereocenters. The Morgan fingerprint density at radius 2 is 1.55 bits per heavy atom. The van der Waals surface area contributed by atoms with E-state index in [1.165, 1.54) is 6.21 Å². The molecule has 1 N–H and O–H groups in total. The fourth-order valence-corrected chi connectivity index (χ4v) is 0.234. The Kier molecular flexibility index (Phi) is 34.6. The first-order chi connectivity index (χ1) is 5.31. The fraction of sp³-hybridized carbons (Fsp3) is 0.500. The maximum atomic E-state index is 6.67. The molecule has 11 heavy (non-hydrogen) atoms. The highest BCUT2D eigenvalue weighted by Crippen LogP contribution is 1.83. The maximum Gasteiger partial charge on any atom is 0.0207 e. The van der Waals surface area contributed by atoms with Gasteiger partial charge in [0, 0.05) is 6.21 Å². The first kappa shape index (κ1) is 16.6. The molecule has 0 aliphatic rings. The van der Waals surface area contributed by atoms with Gasteiger partial charge in [0.05, 0.1) is 0 Å². The lowest BCUT2D eigenvalue weighted by Crippen LogP contribution is -1.69. The highest BCUT2D eigenvalue weighted by atomic mass is 14.3. The molecule has 0 saturated carbocycles. The van der Waals surface area contributed by atoms with Crippen LogP contribution in [-0.2, 0) is 0 Å². The van der Waals surface area contributed by atoms with Crippen LogP contribution < -0.4 is 0 Å². The molecule has 0 aliphatic carbocycles. The zero-order chi connectivity index (χ0) is 9.70. The van der Waals surface area contributed by atoms with Crippen LogP contribution in [0, 0.1) is 5.41 Å². The van der Waals surface area contributed by atoms with Gasteiger partial charge in [-0.3, -0.25) is 0 Å². The van der Waals surface area contributed by atoms with E-state index in [4.69, 9.17) is 5.41 Å². The molecule has 0 atom stereocenters. The van der Waals surface area contributed by atoms with Crippen molar-refractivity contribution in [3.63, 3.8) is 0 Å². The van der Waals surface area contributed by atoms with Gasteiger partial charge in [0.15, 0.2) is 0 Å². The Labute approximate surface area is 71.3 Å². The van der Waals surface area contributed by atoms with Gasteiger partial charge in [-0.25, -0.2) is 0 Å². The minimum atomic E-state index is 0.926. The Hall–Kier alpha value is -0.850. The SMILES string of the molecule is C=C/C=C(/C)C=N.CC.CC. The second kappa shape index (κ2) is 22.9. The first-order valence-electron chi connectivity index (χ1n) is 4.11. The Morgan fingerprint density at radius 3 is 1.64 bits per heavy atom. The zero-order valence-corrected chi connectivity index (χ0v) is 8.44. The van der Waals surface area contributed by atoms with Crippen molar-refractivity contribution in [1.29, 1.82) is 5.41 Å². The van der Waals surface area contributed by atoms with Gasteiger partial charge in [0.2, 0.25) is 0 Å². The lowest BCUT2D eigenvalue weighted by molar-refractivity contribution is 1.50. The van der Waals surface area contributed by atoms with Gasteiger partial charge in [-0.2, -0.15) is 0 Å². The second-order valence-corrected chi connectivity index (χ2v) is 1.29. The van der Waals surface area contributed by atoms with Crippen molar-refractivity contribution in [3.05, 3.63) is 24.3 Å². The third-order valence-corrected chi connectivity index (χ3v) is 0.608. The van der Waals surface area contributed by atoms with Gasteiger partial charge < -0.3 is 5.41 Å². The van der Waals surface area contributed by atoms with Gasteiger partial charge in [0.1, 0.15) is 0 Å². The van der Waals surface area contributed by atoms with E-state index in [1.807, 2.05) is 34.6 Å². The van der Waals surface area contributed by atoms with Crippen LogP contribution in [0.4, 0.5) is 0 Å². The van der Waals surface area contributed by atoms with E-state index in [2.05, 4.69) is 6.58 Å². The lowest BCUT2D eigenvalue weighted by atomic mass is 10.3. The van der Waals surface area contributed by atoms with Crippen LogP contribution >= 0.6 is 0 Å². The summed E-state index contributed by atoms with van der Waals surface area (Å²) in [5, 5.41) is 6.67.